The van der Waals surface area contributed by atoms with Crippen LogP contribution in [0, 0.1) is 6.92 Å². The van der Waals surface area contributed by atoms with Crippen LogP contribution in [0.25, 0.3) is 5.57 Å². The zero-order valence-electron chi connectivity index (χ0n) is 10.8. The molecule has 0 aliphatic carbocycles. The highest BCUT2D eigenvalue weighted by molar-refractivity contribution is 5.72. The molecule has 0 spiro atoms. The standard InChI is InChI=1S/C14H16.C2H6/c1-4-5-6-9-13(3)14-10-7-8-12(2)11-14;1-2/h4-11H,3H2,1-2H3;1-2H3/b5-4-,9-6-;. The third-order valence-corrected chi connectivity index (χ3v) is 1.99. The fourth-order valence-electron chi connectivity index (χ4n) is 1.22. The van der Waals surface area contributed by atoms with Gasteiger partial charge in [-0.3, -0.25) is 0 Å². The molecule has 1 aromatic carbocycles. The SMILES string of the molecule is C=C(/C=C\C=C/C)c1cccc(C)c1.CC. The molecule has 0 heteroatoms. The van der Waals surface area contributed by atoms with Crippen molar-refractivity contribution < 1.29 is 0 Å². The highest BCUT2D eigenvalue weighted by atomic mass is 14.0. The van der Waals surface area contributed by atoms with Crippen LogP contribution in [0.2, 0.25) is 0 Å². The molecular formula is C16H22. The molecule has 0 bridgehead atoms. The highest BCUT2D eigenvalue weighted by Crippen LogP contribution is 2.14. The summed E-state index contributed by atoms with van der Waals surface area (Å²) in [6, 6.07) is 8.36. The Kier molecular flexibility index (Phi) is 7.87. The average molecular weight is 214 g/mol. The molecule has 0 fully saturated rings. The van der Waals surface area contributed by atoms with Gasteiger partial charge in [-0.1, -0.05) is 74.6 Å². The van der Waals surface area contributed by atoms with Crippen molar-refractivity contribution in [3.63, 3.8) is 0 Å². The van der Waals surface area contributed by atoms with Gasteiger partial charge in [0.1, 0.15) is 0 Å². The Bertz CT molecular complexity index is 367. The van der Waals surface area contributed by atoms with Crippen molar-refractivity contribution in [2.45, 2.75) is 27.7 Å². The number of rotatable bonds is 3. The van der Waals surface area contributed by atoms with Gasteiger partial charge in [-0.25, -0.2) is 0 Å². The molecule has 0 nitrogen and oxygen atoms in total. The van der Waals surface area contributed by atoms with Gasteiger partial charge in [-0.15, -0.1) is 0 Å². The molecule has 86 valence electrons. The van der Waals surface area contributed by atoms with E-state index in [1.807, 2.05) is 45.1 Å². The van der Waals surface area contributed by atoms with Gasteiger partial charge < -0.3 is 0 Å². The molecule has 0 aliphatic heterocycles. The van der Waals surface area contributed by atoms with Crippen LogP contribution >= 0.6 is 0 Å². The summed E-state index contributed by atoms with van der Waals surface area (Å²) in [6.45, 7) is 12.1. The molecule has 0 aromatic heterocycles. The summed E-state index contributed by atoms with van der Waals surface area (Å²) >= 11 is 0. The molecule has 0 aliphatic rings. The van der Waals surface area contributed by atoms with Crippen molar-refractivity contribution >= 4 is 5.57 Å². The van der Waals surface area contributed by atoms with Crippen LogP contribution in [-0.4, -0.2) is 0 Å². The minimum Gasteiger partial charge on any atom is -0.0912 e. The molecule has 1 rings (SSSR count). The highest BCUT2D eigenvalue weighted by Gasteiger charge is 1.93. The molecule has 1 aromatic rings. The Labute approximate surface area is 100 Å². The summed E-state index contributed by atoms with van der Waals surface area (Å²) in [5, 5.41) is 0. The van der Waals surface area contributed by atoms with Crippen molar-refractivity contribution in [3.05, 3.63) is 66.3 Å². The predicted molar refractivity (Wildman–Crippen MR) is 75.5 cm³/mol. The number of hydrogen-bond acceptors (Lipinski definition) is 0. The van der Waals surface area contributed by atoms with E-state index < -0.39 is 0 Å². The summed E-state index contributed by atoms with van der Waals surface area (Å²) in [7, 11) is 0. The van der Waals surface area contributed by atoms with E-state index in [2.05, 4.69) is 37.8 Å². The second-order valence-corrected chi connectivity index (χ2v) is 3.28. The Morgan fingerprint density at radius 3 is 2.44 bits per heavy atom. The van der Waals surface area contributed by atoms with Gasteiger partial charge in [0.15, 0.2) is 0 Å². The lowest BCUT2D eigenvalue weighted by molar-refractivity contribution is 1.45. The first-order valence-electron chi connectivity index (χ1n) is 5.79. The lowest BCUT2D eigenvalue weighted by atomic mass is 10.0. The first-order valence-corrected chi connectivity index (χ1v) is 5.79. The van der Waals surface area contributed by atoms with E-state index in [1.165, 1.54) is 11.1 Å². The molecule has 0 unspecified atom stereocenters. The quantitative estimate of drug-likeness (QED) is 0.609. The average Bonchev–Trinajstić information content (AvgIpc) is 2.32. The summed E-state index contributed by atoms with van der Waals surface area (Å²) < 4.78 is 0. The summed E-state index contributed by atoms with van der Waals surface area (Å²) in [5.74, 6) is 0. The van der Waals surface area contributed by atoms with Crippen LogP contribution in [0.15, 0.2) is 55.1 Å². The van der Waals surface area contributed by atoms with Crippen LogP contribution in [-0.2, 0) is 0 Å². The molecule has 0 N–H and O–H groups in total. The predicted octanol–water partition coefficient (Wildman–Crippen LogP) is 5.17. The lowest BCUT2D eigenvalue weighted by Crippen LogP contribution is -1.79. The zero-order valence-corrected chi connectivity index (χ0v) is 10.8. The zero-order chi connectivity index (χ0) is 12.4. The van der Waals surface area contributed by atoms with E-state index in [9.17, 15) is 0 Å². The summed E-state index contributed by atoms with van der Waals surface area (Å²) in [5.41, 5.74) is 3.50. The van der Waals surface area contributed by atoms with E-state index in [-0.39, 0.29) is 0 Å². The number of hydrogen-bond donors (Lipinski definition) is 0. The van der Waals surface area contributed by atoms with Crippen molar-refractivity contribution in [3.8, 4) is 0 Å². The Morgan fingerprint density at radius 2 is 1.88 bits per heavy atom. The minimum absolute atomic E-state index is 1.05. The fraction of sp³-hybridized carbons (Fsp3) is 0.250. The maximum atomic E-state index is 4.02. The van der Waals surface area contributed by atoms with E-state index in [0.717, 1.165) is 5.57 Å². The van der Waals surface area contributed by atoms with Crippen LogP contribution in [0.1, 0.15) is 31.9 Å². The first kappa shape index (κ1) is 14.4. The second kappa shape index (κ2) is 8.72. The Morgan fingerprint density at radius 1 is 1.19 bits per heavy atom. The van der Waals surface area contributed by atoms with Crippen molar-refractivity contribution in [2.24, 2.45) is 0 Å². The normalized spacial score (nSPS) is 10.2. The van der Waals surface area contributed by atoms with Crippen molar-refractivity contribution in [1.82, 2.24) is 0 Å². The van der Waals surface area contributed by atoms with Crippen LogP contribution in [0.3, 0.4) is 0 Å². The maximum Gasteiger partial charge on any atom is -0.0187 e. The van der Waals surface area contributed by atoms with Crippen molar-refractivity contribution in [1.29, 1.82) is 0 Å². The van der Waals surface area contributed by atoms with Gasteiger partial charge in [-0.2, -0.15) is 0 Å². The smallest absolute Gasteiger partial charge is 0.0187 e. The minimum atomic E-state index is 1.05. The van der Waals surface area contributed by atoms with Gasteiger partial charge in [0, 0.05) is 0 Å². The maximum absolute atomic E-state index is 4.02. The van der Waals surface area contributed by atoms with Gasteiger partial charge in [0.25, 0.3) is 0 Å². The number of allylic oxidation sites excluding steroid dienone is 5. The molecule has 0 amide bonds. The molecule has 0 radical (unpaired) electrons. The van der Waals surface area contributed by atoms with Gasteiger partial charge in [0.05, 0.1) is 0 Å². The molecule has 0 saturated heterocycles. The third kappa shape index (κ3) is 5.35. The molecule has 0 atom stereocenters. The van der Waals surface area contributed by atoms with E-state index in [0.29, 0.717) is 0 Å². The van der Waals surface area contributed by atoms with Gasteiger partial charge in [-0.05, 0) is 25.0 Å². The summed E-state index contributed by atoms with van der Waals surface area (Å²) in [4.78, 5) is 0. The van der Waals surface area contributed by atoms with E-state index in [1.54, 1.807) is 0 Å². The van der Waals surface area contributed by atoms with Gasteiger partial charge in [0.2, 0.25) is 0 Å². The molecule has 0 saturated carbocycles. The number of aryl methyl sites for hydroxylation is 1. The second-order valence-electron chi connectivity index (χ2n) is 3.28. The lowest BCUT2D eigenvalue weighted by Gasteiger charge is -2.00. The molecule has 0 heterocycles. The van der Waals surface area contributed by atoms with Gasteiger partial charge >= 0.3 is 0 Å². The topological polar surface area (TPSA) is 0 Å². The monoisotopic (exact) mass is 214 g/mol. The van der Waals surface area contributed by atoms with E-state index >= 15 is 0 Å². The van der Waals surface area contributed by atoms with Crippen LogP contribution < -0.4 is 0 Å². The fourth-order valence-corrected chi connectivity index (χ4v) is 1.22. The van der Waals surface area contributed by atoms with Crippen LogP contribution in [0.5, 0.6) is 0 Å². The number of benzene rings is 1. The molecule has 16 heavy (non-hydrogen) atoms. The first-order chi connectivity index (χ1) is 7.74. The largest absolute Gasteiger partial charge is 0.0912 e. The Hall–Kier alpha value is -1.56. The van der Waals surface area contributed by atoms with Crippen molar-refractivity contribution in [2.75, 3.05) is 0 Å². The Balaban J connectivity index is 0.00000106. The summed E-state index contributed by atoms with van der Waals surface area (Å²) in [6.07, 6.45) is 8.03. The van der Waals surface area contributed by atoms with Crippen LogP contribution in [0.4, 0.5) is 0 Å². The molecular weight excluding hydrogens is 192 g/mol. The third-order valence-electron chi connectivity index (χ3n) is 1.99. The van der Waals surface area contributed by atoms with E-state index in [4.69, 9.17) is 0 Å².